The zero-order valence-corrected chi connectivity index (χ0v) is 12.9. The first-order valence-electron chi connectivity index (χ1n) is 5.53. The molecule has 2 aromatic heterocycles. The molecule has 0 aromatic carbocycles. The van der Waals surface area contributed by atoms with Crippen LogP contribution in [0.15, 0.2) is 28.0 Å². The molecule has 0 unspecified atom stereocenters. The Hall–Kier alpha value is -1.25. The number of nitrogens with zero attached hydrogens (tertiary/aromatic N) is 3. The van der Waals surface area contributed by atoms with Crippen LogP contribution in [0.2, 0.25) is 5.02 Å². The first kappa shape index (κ1) is 15.1. The molecule has 0 spiro atoms. The quantitative estimate of drug-likeness (QED) is 0.815. The lowest BCUT2D eigenvalue weighted by molar-refractivity contribution is -0.113. The van der Waals surface area contributed by atoms with E-state index >= 15 is 0 Å². The Bertz CT molecular complexity index is 576. The Morgan fingerprint density at radius 1 is 1.45 bits per heavy atom. The van der Waals surface area contributed by atoms with Crippen LogP contribution in [-0.4, -0.2) is 33.1 Å². The first-order chi connectivity index (χ1) is 9.67. The predicted octanol–water partition coefficient (Wildman–Crippen LogP) is 2.71. The summed E-state index contributed by atoms with van der Waals surface area (Å²) in [5.41, 5.74) is 0. The van der Waals surface area contributed by atoms with Crippen LogP contribution in [0.5, 0.6) is 0 Å². The van der Waals surface area contributed by atoms with Crippen LogP contribution in [-0.2, 0) is 10.5 Å². The molecule has 6 nitrogen and oxygen atoms in total. The van der Waals surface area contributed by atoms with Gasteiger partial charge in [-0.05, 0) is 18.4 Å². The van der Waals surface area contributed by atoms with Gasteiger partial charge in [0.2, 0.25) is 11.8 Å². The maximum atomic E-state index is 11.7. The van der Waals surface area contributed by atoms with Gasteiger partial charge in [-0.25, -0.2) is 4.98 Å². The van der Waals surface area contributed by atoms with Gasteiger partial charge in [-0.2, -0.15) is 11.8 Å². The molecule has 0 aliphatic heterocycles. The smallest absolute Gasteiger partial charge is 0.277 e. The molecule has 0 radical (unpaired) electrons. The van der Waals surface area contributed by atoms with E-state index in [-0.39, 0.29) is 11.7 Å². The van der Waals surface area contributed by atoms with E-state index in [1.54, 1.807) is 23.9 Å². The van der Waals surface area contributed by atoms with Crippen LogP contribution >= 0.6 is 35.1 Å². The Balaban J connectivity index is 1.80. The van der Waals surface area contributed by atoms with Gasteiger partial charge >= 0.3 is 0 Å². The number of halogens is 1. The third-order valence-electron chi connectivity index (χ3n) is 2.04. The van der Waals surface area contributed by atoms with Gasteiger partial charge in [0.25, 0.3) is 5.22 Å². The largest absolute Gasteiger partial charge is 0.415 e. The lowest BCUT2D eigenvalue weighted by Crippen LogP contribution is -2.14. The normalized spacial score (nSPS) is 10.5. The fourth-order valence-corrected chi connectivity index (χ4v) is 2.29. The molecule has 0 saturated carbocycles. The van der Waals surface area contributed by atoms with Crippen LogP contribution in [0.1, 0.15) is 5.89 Å². The Morgan fingerprint density at radius 2 is 2.30 bits per heavy atom. The molecule has 2 heterocycles. The van der Waals surface area contributed by atoms with E-state index in [0.717, 1.165) is 0 Å². The number of amides is 1. The van der Waals surface area contributed by atoms with Crippen molar-refractivity contribution in [3.05, 3.63) is 29.2 Å². The number of carbonyl (C=O) groups is 1. The fraction of sp³-hybridized carbons (Fsp3) is 0.273. The molecule has 0 atom stereocenters. The summed E-state index contributed by atoms with van der Waals surface area (Å²) in [4.78, 5) is 15.7. The minimum atomic E-state index is -0.200. The fourth-order valence-electron chi connectivity index (χ4n) is 1.23. The van der Waals surface area contributed by atoms with Crippen molar-refractivity contribution in [3.63, 3.8) is 0 Å². The molecule has 0 aliphatic carbocycles. The lowest BCUT2D eigenvalue weighted by Gasteiger charge is -2.02. The van der Waals surface area contributed by atoms with Crippen molar-refractivity contribution in [2.24, 2.45) is 0 Å². The monoisotopic (exact) mass is 330 g/mol. The number of hydrogen-bond donors (Lipinski definition) is 1. The third kappa shape index (κ3) is 4.69. The number of hydrogen-bond acceptors (Lipinski definition) is 7. The minimum Gasteiger partial charge on any atom is -0.415 e. The maximum absolute atomic E-state index is 11.7. The number of rotatable bonds is 6. The SMILES string of the molecule is CSCc1nnc(SCC(=O)Nc2ccc(Cl)cn2)o1. The summed E-state index contributed by atoms with van der Waals surface area (Å²) in [5.74, 6) is 1.64. The summed E-state index contributed by atoms with van der Waals surface area (Å²) in [6, 6.07) is 3.29. The molecule has 20 heavy (non-hydrogen) atoms. The van der Waals surface area contributed by atoms with Gasteiger partial charge < -0.3 is 9.73 Å². The van der Waals surface area contributed by atoms with Crippen molar-refractivity contribution in [1.82, 2.24) is 15.2 Å². The van der Waals surface area contributed by atoms with Crippen LogP contribution in [0.25, 0.3) is 0 Å². The van der Waals surface area contributed by atoms with Crippen molar-refractivity contribution in [3.8, 4) is 0 Å². The Morgan fingerprint density at radius 3 is 3.00 bits per heavy atom. The second kappa shape index (κ2) is 7.51. The molecule has 106 valence electrons. The van der Waals surface area contributed by atoms with Gasteiger partial charge in [-0.1, -0.05) is 23.4 Å². The highest BCUT2D eigenvalue weighted by Gasteiger charge is 2.10. The topological polar surface area (TPSA) is 80.9 Å². The molecule has 2 rings (SSSR count). The van der Waals surface area contributed by atoms with Crippen molar-refractivity contribution in [1.29, 1.82) is 0 Å². The average Bonchev–Trinajstić information content (AvgIpc) is 2.87. The maximum Gasteiger partial charge on any atom is 0.277 e. The van der Waals surface area contributed by atoms with Crippen LogP contribution in [0.4, 0.5) is 5.82 Å². The van der Waals surface area contributed by atoms with Gasteiger partial charge in [0.05, 0.1) is 16.5 Å². The van der Waals surface area contributed by atoms with Crippen molar-refractivity contribution in [2.75, 3.05) is 17.3 Å². The van der Waals surface area contributed by atoms with E-state index in [1.165, 1.54) is 18.0 Å². The summed E-state index contributed by atoms with van der Waals surface area (Å²) < 4.78 is 5.35. The molecule has 9 heteroatoms. The van der Waals surface area contributed by atoms with E-state index in [4.69, 9.17) is 16.0 Å². The van der Waals surface area contributed by atoms with Crippen molar-refractivity contribution >= 4 is 46.8 Å². The zero-order chi connectivity index (χ0) is 14.4. The minimum absolute atomic E-state index is 0.172. The highest BCUT2D eigenvalue weighted by atomic mass is 35.5. The summed E-state index contributed by atoms with van der Waals surface area (Å²) in [6.45, 7) is 0. The molecule has 0 aliphatic rings. The average molecular weight is 331 g/mol. The number of carbonyl (C=O) groups excluding carboxylic acids is 1. The third-order valence-corrected chi connectivity index (χ3v) is 3.62. The molecular weight excluding hydrogens is 320 g/mol. The van der Waals surface area contributed by atoms with Crippen LogP contribution < -0.4 is 5.32 Å². The number of pyridine rings is 1. The lowest BCUT2D eigenvalue weighted by atomic mass is 10.4. The summed E-state index contributed by atoms with van der Waals surface area (Å²) in [7, 11) is 0. The second-order valence-electron chi connectivity index (χ2n) is 3.59. The second-order valence-corrected chi connectivity index (χ2v) is 5.82. The molecule has 1 N–H and O–H groups in total. The highest BCUT2D eigenvalue weighted by Crippen LogP contribution is 2.18. The van der Waals surface area contributed by atoms with E-state index in [0.29, 0.717) is 27.7 Å². The van der Waals surface area contributed by atoms with E-state index in [2.05, 4.69) is 20.5 Å². The predicted molar refractivity (Wildman–Crippen MR) is 80.1 cm³/mol. The van der Waals surface area contributed by atoms with Crippen molar-refractivity contribution in [2.45, 2.75) is 11.0 Å². The number of aromatic nitrogens is 3. The summed E-state index contributed by atoms with van der Waals surface area (Å²) >= 11 is 8.48. The summed E-state index contributed by atoms with van der Waals surface area (Å²) in [6.07, 6.45) is 3.42. The van der Waals surface area contributed by atoms with Crippen LogP contribution in [0, 0.1) is 0 Å². The Kier molecular flexibility index (Phi) is 5.69. The van der Waals surface area contributed by atoms with E-state index in [1.807, 2.05) is 6.26 Å². The van der Waals surface area contributed by atoms with Gasteiger partial charge in [-0.3, -0.25) is 4.79 Å². The standard InChI is InChI=1S/C11H11ClN4O2S2/c1-19-6-10-15-16-11(18-10)20-5-9(17)14-8-3-2-7(12)4-13-8/h2-4H,5-6H2,1H3,(H,13,14,17). The van der Waals surface area contributed by atoms with Crippen molar-refractivity contribution < 1.29 is 9.21 Å². The molecule has 1 amide bonds. The number of anilines is 1. The van der Waals surface area contributed by atoms with Gasteiger partial charge in [0.1, 0.15) is 5.82 Å². The molecular formula is C11H11ClN4O2S2. The molecule has 2 aromatic rings. The molecule has 0 fully saturated rings. The summed E-state index contributed by atoms with van der Waals surface area (Å²) in [5, 5.41) is 11.3. The Labute approximate surface area is 129 Å². The molecule has 0 saturated heterocycles. The van der Waals surface area contributed by atoms with E-state index in [9.17, 15) is 4.79 Å². The zero-order valence-electron chi connectivity index (χ0n) is 10.5. The van der Waals surface area contributed by atoms with Crippen LogP contribution in [0.3, 0.4) is 0 Å². The number of thioether (sulfide) groups is 2. The first-order valence-corrected chi connectivity index (χ1v) is 8.28. The van der Waals surface area contributed by atoms with Gasteiger partial charge in [0.15, 0.2) is 0 Å². The van der Waals surface area contributed by atoms with Gasteiger partial charge in [-0.15, -0.1) is 10.2 Å². The number of nitrogens with one attached hydrogen (secondary N) is 1. The van der Waals surface area contributed by atoms with Gasteiger partial charge in [0, 0.05) is 6.20 Å². The highest BCUT2D eigenvalue weighted by molar-refractivity contribution is 7.99. The van der Waals surface area contributed by atoms with E-state index < -0.39 is 0 Å². The molecule has 0 bridgehead atoms.